The molecule has 7 heteroatoms. The Morgan fingerprint density at radius 1 is 1.14 bits per heavy atom. The van der Waals surface area contributed by atoms with Crippen LogP contribution in [0.4, 0.5) is 0 Å². The minimum Gasteiger partial charge on any atom is -0.451 e. The fourth-order valence-corrected chi connectivity index (χ4v) is 4.15. The number of nitrogens with one attached hydrogen (secondary N) is 1. The molecular weight excluding hydrogens is 456 g/mol. The van der Waals surface area contributed by atoms with Gasteiger partial charge < -0.3 is 14.6 Å². The minimum absolute atomic E-state index is 0.0791. The molecule has 1 aromatic heterocycles. The molecule has 3 aromatic rings. The third-order valence-corrected chi connectivity index (χ3v) is 6.09. The number of amides is 2. The molecule has 1 fully saturated rings. The molecule has 0 spiro atoms. The first kappa shape index (κ1) is 20.0. The Balaban J connectivity index is 1.30. The summed E-state index contributed by atoms with van der Waals surface area (Å²) in [6.07, 6.45) is 1.66. The van der Waals surface area contributed by atoms with Crippen LogP contribution >= 0.6 is 27.5 Å². The third kappa shape index (κ3) is 4.49. The van der Waals surface area contributed by atoms with E-state index in [0.717, 1.165) is 28.3 Å². The number of benzene rings is 2. The number of hydrogen-bond donors (Lipinski definition) is 1. The highest BCUT2D eigenvalue weighted by molar-refractivity contribution is 9.10. The van der Waals surface area contributed by atoms with Crippen LogP contribution in [0.5, 0.6) is 0 Å². The summed E-state index contributed by atoms with van der Waals surface area (Å²) >= 11 is 9.48. The first-order valence-electron chi connectivity index (χ1n) is 9.52. The Hall–Kier alpha value is -2.31. The summed E-state index contributed by atoms with van der Waals surface area (Å²) in [5.41, 5.74) is 1.18. The lowest BCUT2D eigenvalue weighted by atomic mass is 9.96. The van der Waals surface area contributed by atoms with Gasteiger partial charge in [-0.25, -0.2) is 0 Å². The highest BCUT2D eigenvalue weighted by Crippen LogP contribution is 2.24. The third-order valence-electron chi connectivity index (χ3n) is 5.26. The molecule has 1 aliphatic rings. The van der Waals surface area contributed by atoms with E-state index in [-0.39, 0.29) is 11.8 Å². The quantitative estimate of drug-likeness (QED) is 0.569. The van der Waals surface area contributed by atoms with E-state index in [4.69, 9.17) is 16.0 Å². The summed E-state index contributed by atoms with van der Waals surface area (Å²) in [4.78, 5) is 27.0. The van der Waals surface area contributed by atoms with Crippen molar-refractivity contribution in [3.05, 3.63) is 69.3 Å². The molecule has 2 amide bonds. The number of para-hydroxylation sites is 1. The number of halogens is 2. The van der Waals surface area contributed by atoms with Crippen molar-refractivity contribution in [2.45, 2.75) is 12.8 Å². The smallest absolute Gasteiger partial charge is 0.289 e. The predicted octanol–water partition coefficient (Wildman–Crippen LogP) is 5.13. The van der Waals surface area contributed by atoms with Crippen molar-refractivity contribution < 1.29 is 14.0 Å². The molecular formula is C22H20BrClN2O3. The Labute approximate surface area is 182 Å². The molecule has 0 unspecified atom stereocenters. The summed E-state index contributed by atoms with van der Waals surface area (Å²) in [5, 5.41) is 4.32. The van der Waals surface area contributed by atoms with Gasteiger partial charge in [0.1, 0.15) is 5.58 Å². The number of nitrogens with zero attached hydrogens (tertiary/aromatic N) is 1. The van der Waals surface area contributed by atoms with Crippen molar-refractivity contribution in [2.24, 2.45) is 5.92 Å². The van der Waals surface area contributed by atoms with Gasteiger partial charge in [0.2, 0.25) is 0 Å². The average Bonchev–Trinajstić information content (AvgIpc) is 3.18. The fourth-order valence-electron chi connectivity index (χ4n) is 3.59. The van der Waals surface area contributed by atoms with Crippen LogP contribution in [0.25, 0.3) is 11.0 Å². The van der Waals surface area contributed by atoms with Crippen molar-refractivity contribution in [2.75, 3.05) is 19.6 Å². The number of carbonyl (C=O) groups excluding carboxylic acids is 2. The summed E-state index contributed by atoms with van der Waals surface area (Å²) in [5.74, 6) is 0.438. The molecule has 2 aromatic carbocycles. The first-order chi connectivity index (χ1) is 14.0. The van der Waals surface area contributed by atoms with Gasteiger partial charge in [0.15, 0.2) is 5.76 Å². The lowest BCUT2D eigenvalue weighted by Gasteiger charge is -2.31. The van der Waals surface area contributed by atoms with Gasteiger partial charge in [0.05, 0.1) is 10.6 Å². The van der Waals surface area contributed by atoms with Crippen molar-refractivity contribution in [3.63, 3.8) is 0 Å². The van der Waals surface area contributed by atoms with Crippen LogP contribution < -0.4 is 5.32 Å². The fraction of sp³-hybridized carbons (Fsp3) is 0.273. The summed E-state index contributed by atoms with van der Waals surface area (Å²) < 4.78 is 6.50. The van der Waals surface area contributed by atoms with E-state index in [9.17, 15) is 9.59 Å². The predicted molar refractivity (Wildman–Crippen MR) is 116 cm³/mol. The molecule has 1 aliphatic heterocycles. The zero-order valence-electron chi connectivity index (χ0n) is 15.7. The lowest BCUT2D eigenvalue weighted by molar-refractivity contribution is 0.0655. The highest BCUT2D eigenvalue weighted by atomic mass is 79.9. The van der Waals surface area contributed by atoms with Crippen LogP contribution in [0.3, 0.4) is 0 Å². The van der Waals surface area contributed by atoms with Crippen molar-refractivity contribution in [1.82, 2.24) is 10.2 Å². The van der Waals surface area contributed by atoms with Crippen LogP contribution in [0, 0.1) is 5.92 Å². The number of furan rings is 1. The largest absolute Gasteiger partial charge is 0.451 e. The van der Waals surface area contributed by atoms with Crippen LogP contribution in [0.1, 0.15) is 33.8 Å². The molecule has 0 aliphatic carbocycles. The number of fused-ring (bicyclic) bond motifs is 1. The van der Waals surface area contributed by atoms with Gasteiger partial charge >= 0.3 is 0 Å². The van der Waals surface area contributed by atoms with Gasteiger partial charge in [0, 0.05) is 29.5 Å². The first-order valence-corrected chi connectivity index (χ1v) is 10.7. The molecule has 150 valence electrons. The molecule has 2 heterocycles. The molecule has 0 saturated carbocycles. The van der Waals surface area contributed by atoms with E-state index >= 15 is 0 Å². The Bertz CT molecular complexity index is 1020. The van der Waals surface area contributed by atoms with Gasteiger partial charge in [-0.3, -0.25) is 9.59 Å². The topological polar surface area (TPSA) is 62.6 Å². The van der Waals surface area contributed by atoms with Gasteiger partial charge in [-0.05, 0) is 49.1 Å². The lowest BCUT2D eigenvalue weighted by Crippen LogP contribution is -2.41. The van der Waals surface area contributed by atoms with E-state index in [0.29, 0.717) is 41.9 Å². The van der Waals surface area contributed by atoms with Crippen LogP contribution in [0.15, 0.2) is 57.4 Å². The summed E-state index contributed by atoms with van der Waals surface area (Å²) in [6, 6.07) is 14.6. The van der Waals surface area contributed by atoms with E-state index < -0.39 is 0 Å². The van der Waals surface area contributed by atoms with E-state index in [1.807, 2.05) is 29.2 Å². The molecule has 0 radical (unpaired) electrons. The van der Waals surface area contributed by atoms with Crippen molar-refractivity contribution in [3.8, 4) is 0 Å². The second-order valence-corrected chi connectivity index (χ2v) is 8.54. The van der Waals surface area contributed by atoms with E-state index in [1.54, 1.807) is 24.3 Å². The molecule has 4 rings (SSSR count). The van der Waals surface area contributed by atoms with Gasteiger partial charge in [-0.2, -0.15) is 0 Å². The van der Waals surface area contributed by atoms with Gasteiger partial charge in [0.25, 0.3) is 11.8 Å². The molecule has 1 N–H and O–H groups in total. The highest BCUT2D eigenvalue weighted by Gasteiger charge is 2.26. The minimum atomic E-state index is -0.183. The zero-order chi connectivity index (χ0) is 20.4. The molecule has 0 bridgehead atoms. The second-order valence-electron chi connectivity index (χ2n) is 7.22. The molecule has 5 nitrogen and oxygen atoms in total. The Morgan fingerprint density at radius 3 is 2.66 bits per heavy atom. The van der Waals surface area contributed by atoms with Crippen LogP contribution in [0.2, 0.25) is 5.02 Å². The average molecular weight is 476 g/mol. The summed E-state index contributed by atoms with van der Waals surface area (Å²) in [6.45, 7) is 1.86. The number of likely N-dealkylation sites (tertiary alicyclic amines) is 1. The van der Waals surface area contributed by atoms with Gasteiger partial charge in [-0.15, -0.1) is 0 Å². The molecule has 29 heavy (non-hydrogen) atoms. The number of rotatable bonds is 4. The maximum absolute atomic E-state index is 12.7. The molecule has 0 atom stereocenters. The van der Waals surface area contributed by atoms with Crippen molar-refractivity contribution >= 4 is 50.3 Å². The van der Waals surface area contributed by atoms with E-state index in [1.165, 1.54) is 0 Å². The zero-order valence-corrected chi connectivity index (χ0v) is 18.0. The second kappa shape index (κ2) is 8.59. The maximum atomic E-state index is 12.7. The van der Waals surface area contributed by atoms with E-state index in [2.05, 4.69) is 21.2 Å². The monoisotopic (exact) mass is 474 g/mol. The van der Waals surface area contributed by atoms with Crippen LogP contribution in [-0.4, -0.2) is 36.3 Å². The molecule has 1 saturated heterocycles. The number of piperidine rings is 1. The van der Waals surface area contributed by atoms with Crippen LogP contribution in [-0.2, 0) is 0 Å². The number of hydrogen-bond acceptors (Lipinski definition) is 3. The maximum Gasteiger partial charge on any atom is 0.289 e. The summed E-state index contributed by atoms with van der Waals surface area (Å²) in [7, 11) is 0. The SMILES string of the molecule is O=C(NCC1CCN(C(=O)c2cc3ccccc3o2)CC1)c1cc(Br)ccc1Cl. The number of carbonyl (C=O) groups is 2. The normalized spacial score (nSPS) is 14.9. The Kier molecular flexibility index (Phi) is 5.92. The standard InChI is InChI=1S/C22H20BrClN2O3/c23-16-5-6-18(24)17(12-16)21(27)25-13-14-7-9-26(10-8-14)22(28)20-11-15-3-1-2-4-19(15)29-20/h1-6,11-12,14H,7-10,13H2,(H,25,27). The van der Waals surface area contributed by atoms with Gasteiger partial charge in [-0.1, -0.05) is 45.7 Å². The van der Waals surface area contributed by atoms with Crippen molar-refractivity contribution in [1.29, 1.82) is 0 Å². The Morgan fingerprint density at radius 2 is 1.90 bits per heavy atom.